The summed E-state index contributed by atoms with van der Waals surface area (Å²) in [5.41, 5.74) is -4.80. The molecule has 15 nitrogen and oxygen atoms in total. The number of rotatable bonds is 8. The summed E-state index contributed by atoms with van der Waals surface area (Å²) in [7, 11) is -2.95. The van der Waals surface area contributed by atoms with E-state index >= 15 is 8.78 Å². The average Bonchev–Trinajstić information content (AvgIpc) is 4.02. The highest BCUT2D eigenvalue weighted by atomic mass is 32.2. The molecule has 0 unspecified atom stereocenters. The molecule has 1 aromatic heterocycles. The number of ether oxygens (including phenoxy) is 3. The van der Waals surface area contributed by atoms with E-state index in [1.165, 1.54) is 47.1 Å². The fourth-order valence-electron chi connectivity index (χ4n) is 7.80. The van der Waals surface area contributed by atoms with E-state index in [0.717, 1.165) is 24.0 Å². The van der Waals surface area contributed by atoms with Gasteiger partial charge >= 0.3 is 12.0 Å². The maximum atomic E-state index is 17.4. The van der Waals surface area contributed by atoms with E-state index < -0.39 is 110 Å². The molecule has 4 amide bonds. The molecule has 7 atom stereocenters. The number of hydrogen-bond donors (Lipinski definition) is 3. The van der Waals surface area contributed by atoms with Crippen molar-refractivity contribution in [1.82, 2.24) is 24.8 Å². The lowest BCUT2D eigenvalue weighted by molar-refractivity contribution is -0.164. The molecule has 1 saturated heterocycles. The number of aromatic nitrogens is 1. The zero-order chi connectivity index (χ0) is 42.0. The molecule has 3 fully saturated rings. The van der Waals surface area contributed by atoms with Gasteiger partial charge in [-0.15, -0.1) is 0 Å². The van der Waals surface area contributed by atoms with Crippen LogP contribution in [0.1, 0.15) is 73.6 Å². The normalized spacial score (nSPS) is 31.6. The quantitative estimate of drug-likeness (QED) is 0.324. The van der Waals surface area contributed by atoms with Crippen molar-refractivity contribution in [1.29, 1.82) is 0 Å². The van der Waals surface area contributed by atoms with Gasteiger partial charge in [0.2, 0.25) is 27.7 Å². The van der Waals surface area contributed by atoms with E-state index in [4.69, 9.17) is 14.2 Å². The third-order valence-corrected chi connectivity index (χ3v) is 13.8. The number of carbonyl (C=O) groups excluding carboxylic acids is 3. The van der Waals surface area contributed by atoms with Gasteiger partial charge in [0.1, 0.15) is 23.1 Å². The molecule has 0 bridgehead atoms. The van der Waals surface area contributed by atoms with Gasteiger partial charge in [0.25, 0.3) is 5.91 Å². The molecule has 3 N–H and O–H groups in total. The van der Waals surface area contributed by atoms with E-state index in [1.54, 1.807) is 19.1 Å². The Hall–Kier alpha value is -4.65. The predicted molar refractivity (Wildman–Crippen MR) is 199 cm³/mol. The van der Waals surface area contributed by atoms with Crippen LogP contribution in [0, 0.1) is 11.7 Å². The molecule has 2 aliphatic carbocycles. The number of pyridine rings is 1. The van der Waals surface area contributed by atoms with Crippen LogP contribution in [0.2, 0.25) is 0 Å². The molecule has 1 aromatic carbocycles. The molecule has 57 heavy (non-hydrogen) atoms. The summed E-state index contributed by atoms with van der Waals surface area (Å²) in [5.74, 6) is -10.3. The zero-order valence-electron chi connectivity index (χ0n) is 32.7. The predicted octanol–water partition coefficient (Wildman–Crippen LogP) is 4.14. The highest BCUT2D eigenvalue weighted by Crippen LogP contribution is 2.50. The molecule has 3 heterocycles. The highest BCUT2D eigenvalue weighted by Gasteiger charge is 2.72. The molecule has 0 radical (unpaired) electrons. The number of fused-ring (bicyclic) bond motifs is 3. The van der Waals surface area contributed by atoms with Crippen LogP contribution in [0.25, 0.3) is 10.8 Å². The van der Waals surface area contributed by atoms with Gasteiger partial charge in [-0.05, 0) is 85.8 Å². The van der Waals surface area contributed by atoms with Gasteiger partial charge in [0, 0.05) is 29.6 Å². The summed E-state index contributed by atoms with van der Waals surface area (Å²) in [6, 6.07) is -1.86. The van der Waals surface area contributed by atoms with Crippen molar-refractivity contribution in [3.8, 4) is 11.6 Å². The van der Waals surface area contributed by atoms with Crippen LogP contribution >= 0.6 is 0 Å². The smallest absolute Gasteiger partial charge is 0.408 e. The van der Waals surface area contributed by atoms with Crippen molar-refractivity contribution < 1.29 is 60.1 Å². The zero-order valence-corrected chi connectivity index (χ0v) is 33.5. The van der Waals surface area contributed by atoms with Gasteiger partial charge < -0.3 is 29.5 Å². The number of carboxylic acid groups (broad SMARTS) is 1. The number of carbonyl (C=O) groups is 4. The lowest BCUT2D eigenvalue weighted by atomic mass is 9.96. The summed E-state index contributed by atoms with van der Waals surface area (Å²) in [4.78, 5) is 61.4. The average molecular weight is 824 g/mol. The van der Waals surface area contributed by atoms with Gasteiger partial charge in [-0.25, -0.2) is 22.6 Å². The highest BCUT2D eigenvalue weighted by molar-refractivity contribution is 7.91. The second-order valence-corrected chi connectivity index (χ2v) is 18.4. The molecule has 2 aromatic rings. The van der Waals surface area contributed by atoms with Crippen LogP contribution in [0.3, 0.4) is 0 Å². The molecule has 6 rings (SSSR count). The van der Waals surface area contributed by atoms with Crippen LogP contribution in [-0.2, 0) is 29.1 Å². The molecule has 0 spiro atoms. The Morgan fingerprint density at radius 2 is 1.84 bits per heavy atom. The fraction of sp³-hybridized carbons (Fsp3) is 0.605. The Morgan fingerprint density at radius 1 is 1.16 bits per heavy atom. The van der Waals surface area contributed by atoms with E-state index in [-0.39, 0.29) is 35.8 Å². The number of nitrogens with one attached hydrogen (secondary N) is 2. The van der Waals surface area contributed by atoms with Crippen LogP contribution in [0.5, 0.6) is 11.6 Å². The summed E-state index contributed by atoms with van der Waals surface area (Å²) in [6.45, 7) is 7.45. The molecule has 312 valence electrons. The first kappa shape index (κ1) is 42.0. The Morgan fingerprint density at radius 3 is 2.46 bits per heavy atom. The summed E-state index contributed by atoms with van der Waals surface area (Å²) in [5, 5.41) is 12.9. The first-order chi connectivity index (χ1) is 26.5. The first-order valence-corrected chi connectivity index (χ1v) is 20.2. The summed E-state index contributed by atoms with van der Waals surface area (Å²) < 4.78 is 94.2. The van der Waals surface area contributed by atoms with Crippen molar-refractivity contribution in [2.45, 2.75) is 126 Å². The largest absolute Gasteiger partial charge is 0.496 e. The van der Waals surface area contributed by atoms with Gasteiger partial charge in [0.05, 0.1) is 36.0 Å². The van der Waals surface area contributed by atoms with Gasteiger partial charge in [-0.2, -0.15) is 8.78 Å². The number of allylic oxidation sites excluding steroid dienone is 1. The second kappa shape index (κ2) is 14.6. The van der Waals surface area contributed by atoms with Crippen LogP contribution < -0.4 is 19.5 Å². The van der Waals surface area contributed by atoms with Crippen molar-refractivity contribution in [2.24, 2.45) is 5.92 Å². The standard InChI is InChI=1S/C38H48F3N5O10S/c1-20(2)46(34(50)51)28-22(4)55-21(3)10-8-9-11-23-18-37(23,33(49)44-57(52,53)35(5)13-14-35)43-30(47)29-38(40,41)36(6,19-45(29)32(28)48)56-31-26-16-24(39)17-27(54-7)25(26)12-15-42-31/h9,11-12,15-17,20-23,28-29H,8,10,13-14,18-19H2,1-7H3,(H,43,47)(H,44,49)(H,50,51)/b11-9-/t21-,22+,23-,28+,29+,36-,37-/m1/s1. The fourth-order valence-corrected chi connectivity index (χ4v) is 9.11. The second-order valence-electron chi connectivity index (χ2n) is 16.2. The number of nitrogens with zero attached hydrogens (tertiary/aromatic N) is 3. The van der Waals surface area contributed by atoms with Crippen LogP contribution in [0.15, 0.2) is 36.5 Å². The van der Waals surface area contributed by atoms with Crippen molar-refractivity contribution in [3.05, 3.63) is 42.4 Å². The molecular weight excluding hydrogens is 776 g/mol. The van der Waals surface area contributed by atoms with E-state index in [1.807, 2.05) is 0 Å². The maximum absolute atomic E-state index is 17.4. The number of methoxy groups -OCH3 is 1. The Bertz CT molecular complexity index is 2120. The van der Waals surface area contributed by atoms with Crippen molar-refractivity contribution >= 4 is 44.6 Å². The first-order valence-electron chi connectivity index (χ1n) is 18.7. The third-order valence-electron chi connectivity index (χ3n) is 11.6. The van der Waals surface area contributed by atoms with E-state index in [2.05, 4.69) is 15.0 Å². The molecule has 4 aliphatic rings. The SMILES string of the molecule is COc1cc(F)cc2c(O[C@]3(C)CN4C(=O)[C@@H](N(C(=O)O)C(C)C)[C@H](C)O[C@H](C)CC/C=C\[C@@H]5C[C@@]5(C(=O)NS(=O)(=O)C5(C)CC5)NC(=O)[C@H]4C3(F)F)nccc12. The van der Waals surface area contributed by atoms with Crippen LogP contribution in [0.4, 0.5) is 18.0 Å². The molecular formula is C38H48F3N5O10S. The van der Waals surface area contributed by atoms with E-state index in [0.29, 0.717) is 17.7 Å². The molecule has 19 heteroatoms. The number of hydrogen-bond acceptors (Lipinski definition) is 10. The number of alkyl halides is 2. The minimum atomic E-state index is -4.33. The lowest BCUT2D eigenvalue weighted by Gasteiger charge is -2.39. The topological polar surface area (TPSA) is 194 Å². The van der Waals surface area contributed by atoms with Crippen molar-refractivity contribution in [3.63, 3.8) is 0 Å². The number of benzene rings is 1. The Balaban J connectivity index is 1.48. The Kier molecular flexibility index (Phi) is 10.8. The minimum absolute atomic E-state index is 0.0469. The number of sulfonamides is 1. The van der Waals surface area contributed by atoms with Crippen molar-refractivity contribution in [2.75, 3.05) is 13.7 Å². The minimum Gasteiger partial charge on any atom is -0.496 e. The van der Waals surface area contributed by atoms with Gasteiger partial charge in [0.15, 0.2) is 11.6 Å². The Labute approximate surface area is 328 Å². The molecule has 2 aliphatic heterocycles. The van der Waals surface area contributed by atoms with Crippen LogP contribution in [-0.4, -0.2) is 118 Å². The number of amides is 4. The van der Waals surface area contributed by atoms with E-state index in [9.17, 15) is 37.1 Å². The summed E-state index contributed by atoms with van der Waals surface area (Å²) in [6.07, 6.45) is 2.31. The third kappa shape index (κ3) is 7.36. The van der Waals surface area contributed by atoms with Gasteiger partial charge in [-0.3, -0.25) is 24.0 Å². The van der Waals surface area contributed by atoms with Gasteiger partial charge in [-0.1, -0.05) is 12.2 Å². The monoisotopic (exact) mass is 823 g/mol. The number of halogens is 3. The molecule has 2 saturated carbocycles. The summed E-state index contributed by atoms with van der Waals surface area (Å²) >= 11 is 0. The lowest BCUT2D eigenvalue weighted by Crippen LogP contribution is -2.64. The maximum Gasteiger partial charge on any atom is 0.408 e.